The minimum Gasteiger partial charge on any atom is -0.397 e. The molecule has 0 radical (unpaired) electrons. The summed E-state index contributed by atoms with van der Waals surface area (Å²) in [6.45, 7) is 1.83. The van der Waals surface area contributed by atoms with Crippen molar-refractivity contribution < 1.29 is 4.79 Å². The Morgan fingerprint density at radius 3 is 2.90 bits per heavy atom. The lowest BCUT2D eigenvalue weighted by atomic mass is 10.1. The van der Waals surface area contributed by atoms with Crippen LogP contribution >= 0.6 is 0 Å². The number of benzene rings is 1. The van der Waals surface area contributed by atoms with E-state index in [0.717, 1.165) is 5.69 Å². The molecule has 0 aliphatic rings. The van der Waals surface area contributed by atoms with Gasteiger partial charge in [-0.3, -0.25) is 9.78 Å². The summed E-state index contributed by atoms with van der Waals surface area (Å²) >= 11 is 0. The first-order valence-corrected chi connectivity index (χ1v) is 6.38. The van der Waals surface area contributed by atoms with E-state index in [4.69, 9.17) is 5.73 Å². The lowest BCUT2D eigenvalue weighted by Gasteiger charge is -2.09. The maximum Gasteiger partial charge on any atom is 0.257 e. The molecule has 2 heterocycles. The van der Waals surface area contributed by atoms with Crippen LogP contribution in [0.2, 0.25) is 0 Å². The average Bonchev–Trinajstić information content (AvgIpc) is 2.48. The number of hydrogen-bond acceptors (Lipinski definition) is 5. The second-order valence-electron chi connectivity index (χ2n) is 4.60. The van der Waals surface area contributed by atoms with E-state index in [2.05, 4.69) is 20.3 Å². The molecule has 0 spiro atoms. The smallest absolute Gasteiger partial charge is 0.257 e. The molecule has 0 atom stereocenters. The third-order valence-corrected chi connectivity index (χ3v) is 3.07. The molecular formula is C15H13N5O. The summed E-state index contributed by atoms with van der Waals surface area (Å²) in [6, 6.07) is 8.75. The number of nitrogens with one attached hydrogen (secondary N) is 1. The molecule has 0 saturated heterocycles. The van der Waals surface area contributed by atoms with E-state index < -0.39 is 0 Å². The number of carbonyl (C=O) groups is 1. The van der Waals surface area contributed by atoms with E-state index >= 15 is 0 Å². The number of carbonyl (C=O) groups excluding carboxylic acids is 1. The van der Waals surface area contributed by atoms with Crippen LogP contribution in [0, 0.1) is 6.92 Å². The maximum absolute atomic E-state index is 12.5. The summed E-state index contributed by atoms with van der Waals surface area (Å²) in [7, 11) is 0. The van der Waals surface area contributed by atoms with E-state index in [0.29, 0.717) is 28.0 Å². The number of anilines is 2. The molecule has 3 rings (SSSR count). The van der Waals surface area contributed by atoms with Gasteiger partial charge in [-0.25, -0.2) is 9.97 Å². The number of pyridine rings is 1. The molecule has 0 saturated carbocycles. The molecule has 0 unspecified atom stereocenters. The molecule has 0 bridgehead atoms. The van der Waals surface area contributed by atoms with Crippen molar-refractivity contribution in [2.45, 2.75) is 6.92 Å². The van der Waals surface area contributed by atoms with Crippen molar-refractivity contribution >= 4 is 28.3 Å². The van der Waals surface area contributed by atoms with E-state index in [-0.39, 0.29) is 5.91 Å². The Hall–Kier alpha value is -3.02. The van der Waals surface area contributed by atoms with E-state index in [1.54, 1.807) is 30.5 Å². The van der Waals surface area contributed by atoms with E-state index in [1.165, 1.54) is 6.33 Å². The minimum atomic E-state index is -0.255. The zero-order chi connectivity index (χ0) is 14.8. The molecule has 1 amide bonds. The van der Waals surface area contributed by atoms with Crippen molar-refractivity contribution in [3.8, 4) is 0 Å². The Kier molecular flexibility index (Phi) is 3.19. The fraction of sp³-hybridized carbons (Fsp3) is 0.0667. The normalized spacial score (nSPS) is 10.5. The Balaban J connectivity index is 2.07. The fourth-order valence-corrected chi connectivity index (χ4v) is 2.13. The van der Waals surface area contributed by atoms with Crippen molar-refractivity contribution in [1.82, 2.24) is 15.0 Å². The second-order valence-corrected chi connectivity index (χ2v) is 4.60. The predicted octanol–water partition coefficient (Wildman–Crippen LogP) is 2.17. The first kappa shape index (κ1) is 13.0. The number of amides is 1. The number of aryl methyl sites for hydroxylation is 1. The van der Waals surface area contributed by atoms with Gasteiger partial charge in [0.05, 0.1) is 16.8 Å². The van der Waals surface area contributed by atoms with Gasteiger partial charge in [0, 0.05) is 17.3 Å². The zero-order valence-corrected chi connectivity index (χ0v) is 11.4. The van der Waals surface area contributed by atoms with Crippen molar-refractivity contribution in [1.29, 1.82) is 0 Å². The summed E-state index contributed by atoms with van der Waals surface area (Å²) in [4.78, 5) is 24.6. The summed E-state index contributed by atoms with van der Waals surface area (Å²) in [5.41, 5.74) is 8.36. The molecular weight excluding hydrogens is 266 g/mol. The van der Waals surface area contributed by atoms with Crippen molar-refractivity contribution in [3.05, 3.63) is 54.1 Å². The number of aromatic nitrogens is 3. The first-order chi connectivity index (χ1) is 10.1. The number of nitrogen functional groups attached to an aromatic ring is 1. The highest BCUT2D eigenvalue weighted by Gasteiger charge is 2.13. The van der Waals surface area contributed by atoms with Gasteiger partial charge in [-0.1, -0.05) is 12.1 Å². The molecule has 6 heteroatoms. The van der Waals surface area contributed by atoms with Gasteiger partial charge in [-0.2, -0.15) is 0 Å². The quantitative estimate of drug-likeness (QED) is 0.701. The number of hydrogen-bond donors (Lipinski definition) is 2. The van der Waals surface area contributed by atoms with Gasteiger partial charge in [0.25, 0.3) is 5.91 Å². The van der Waals surface area contributed by atoms with Gasteiger partial charge in [0.15, 0.2) is 0 Å². The molecule has 3 N–H and O–H groups in total. The summed E-state index contributed by atoms with van der Waals surface area (Å²) in [5.74, 6) is 0.191. The first-order valence-electron chi connectivity index (χ1n) is 6.38. The summed E-state index contributed by atoms with van der Waals surface area (Å²) < 4.78 is 0. The van der Waals surface area contributed by atoms with Crippen molar-refractivity contribution in [2.75, 3.05) is 11.1 Å². The van der Waals surface area contributed by atoms with Crippen LogP contribution in [0.5, 0.6) is 0 Å². The van der Waals surface area contributed by atoms with E-state index in [9.17, 15) is 4.79 Å². The Bertz CT molecular complexity index is 817. The highest BCUT2D eigenvalue weighted by molar-refractivity contribution is 6.13. The van der Waals surface area contributed by atoms with Crippen LogP contribution in [-0.2, 0) is 0 Å². The third kappa shape index (κ3) is 2.51. The van der Waals surface area contributed by atoms with Crippen LogP contribution in [-0.4, -0.2) is 20.9 Å². The standard InChI is InChI=1S/C15H13N5O/c1-9-7-11(10-3-2-4-12(16)14(10)19-9)15(21)20-13-5-6-17-8-18-13/h2-8H,16H2,1H3,(H,17,18,20,21). The van der Waals surface area contributed by atoms with Crippen LogP contribution < -0.4 is 11.1 Å². The van der Waals surface area contributed by atoms with Gasteiger partial charge in [-0.15, -0.1) is 0 Å². The topological polar surface area (TPSA) is 93.8 Å². The Morgan fingerprint density at radius 1 is 1.29 bits per heavy atom. The van der Waals surface area contributed by atoms with Gasteiger partial charge < -0.3 is 11.1 Å². The van der Waals surface area contributed by atoms with Crippen LogP contribution in [0.3, 0.4) is 0 Å². The molecule has 104 valence electrons. The predicted molar refractivity (Wildman–Crippen MR) is 80.9 cm³/mol. The van der Waals surface area contributed by atoms with Crippen LogP contribution in [0.4, 0.5) is 11.5 Å². The number of nitrogens with two attached hydrogens (primary N) is 1. The van der Waals surface area contributed by atoms with Crippen molar-refractivity contribution in [3.63, 3.8) is 0 Å². The molecule has 0 aliphatic carbocycles. The van der Waals surface area contributed by atoms with Gasteiger partial charge in [0.1, 0.15) is 12.1 Å². The molecule has 2 aromatic heterocycles. The van der Waals surface area contributed by atoms with Crippen LogP contribution in [0.25, 0.3) is 10.9 Å². The molecule has 0 fully saturated rings. The van der Waals surface area contributed by atoms with Gasteiger partial charge >= 0.3 is 0 Å². The largest absolute Gasteiger partial charge is 0.397 e. The molecule has 1 aromatic carbocycles. The number of nitrogens with zero attached hydrogens (tertiary/aromatic N) is 3. The monoisotopic (exact) mass is 279 g/mol. The number of para-hydroxylation sites is 1. The second kappa shape index (κ2) is 5.16. The lowest BCUT2D eigenvalue weighted by molar-refractivity contribution is 0.102. The van der Waals surface area contributed by atoms with Gasteiger partial charge in [-0.05, 0) is 25.1 Å². The number of fused-ring (bicyclic) bond motifs is 1. The number of rotatable bonds is 2. The van der Waals surface area contributed by atoms with Gasteiger partial charge in [0.2, 0.25) is 0 Å². The fourth-order valence-electron chi connectivity index (χ4n) is 2.13. The highest BCUT2D eigenvalue weighted by Crippen LogP contribution is 2.23. The molecule has 0 aliphatic heterocycles. The van der Waals surface area contributed by atoms with Crippen molar-refractivity contribution in [2.24, 2.45) is 0 Å². The molecule has 6 nitrogen and oxygen atoms in total. The average molecular weight is 279 g/mol. The molecule has 21 heavy (non-hydrogen) atoms. The van der Waals surface area contributed by atoms with E-state index in [1.807, 2.05) is 13.0 Å². The highest BCUT2D eigenvalue weighted by atomic mass is 16.1. The summed E-state index contributed by atoms with van der Waals surface area (Å²) in [6.07, 6.45) is 2.94. The maximum atomic E-state index is 12.5. The Labute approximate surface area is 121 Å². The lowest BCUT2D eigenvalue weighted by Crippen LogP contribution is -2.14. The zero-order valence-electron chi connectivity index (χ0n) is 11.4. The van der Waals surface area contributed by atoms with Crippen LogP contribution in [0.1, 0.15) is 16.1 Å². The SMILES string of the molecule is Cc1cc(C(=O)Nc2ccncn2)c2cccc(N)c2n1. The minimum absolute atomic E-state index is 0.255. The third-order valence-electron chi connectivity index (χ3n) is 3.07. The molecule has 3 aromatic rings. The Morgan fingerprint density at radius 2 is 2.14 bits per heavy atom. The summed E-state index contributed by atoms with van der Waals surface area (Å²) in [5, 5.41) is 3.45. The van der Waals surface area contributed by atoms with Crippen LogP contribution in [0.15, 0.2) is 42.9 Å².